The molecule has 2 aromatic heterocycles. The Hall–Kier alpha value is -1.95. The third-order valence-corrected chi connectivity index (χ3v) is 3.47. The van der Waals surface area contributed by atoms with Crippen molar-refractivity contribution in [1.82, 2.24) is 9.78 Å². The minimum atomic E-state index is -0.501. The van der Waals surface area contributed by atoms with E-state index >= 15 is 0 Å². The van der Waals surface area contributed by atoms with E-state index in [0.29, 0.717) is 19.6 Å². The van der Waals surface area contributed by atoms with Crippen LogP contribution in [-0.2, 0) is 17.7 Å². The van der Waals surface area contributed by atoms with Crippen LogP contribution in [0.15, 0.2) is 34.4 Å². The van der Waals surface area contributed by atoms with Gasteiger partial charge in [0.05, 0.1) is 6.61 Å². The van der Waals surface area contributed by atoms with Crippen LogP contribution in [0.1, 0.15) is 22.3 Å². The molecule has 0 unspecified atom stereocenters. The smallest absolute Gasteiger partial charge is 0.358 e. The van der Waals surface area contributed by atoms with E-state index in [1.165, 1.54) is 21.7 Å². The van der Waals surface area contributed by atoms with Crippen LogP contribution in [0.5, 0.6) is 0 Å². The molecule has 0 aliphatic carbocycles. The molecule has 5 nitrogen and oxygen atoms in total. The molecule has 0 radical (unpaired) electrons. The zero-order valence-electron chi connectivity index (χ0n) is 10.5. The van der Waals surface area contributed by atoms with Crippen molar-refractivity contribution in [3.05, 3.63) is 50.6 Å². The zero-order chi connectivity index (χ0) is 13.7. The molecule has 0 saturated carbocycles. The quantitative estimate of drug-likeness (QED) is 0.781. The molecule has 2 aromatic rings. The van der Waals surface area contributed by atoms with E-state index in [9.17, 15) is 9.59 Å². The monoisotopic (exact) mass is 278 g/mol. The predicted molar refractivity (Wildman–Crippen MR) is 72.5 cm³/mol. The average Bonchev–Trinajstić information content (AvgIpc) is 2.92. The Morgan fingerprint density at radius 2 is 2.26 bits per heavy atom. The molecule has 0 saturated heterocycles. The maximum absolute atomic E-state index is 11.8. The maximum atomic E-state index is 11.8. The highest BCUT2D eigenvalue weighted by Gasteiger charge is 2.10. The highest BCUT2D eigenvalue weighted by molar-refractivity contribution is 7.09. The van der Waals surface area contributed by atoms with Gasteiger partial charge in [-0.15, -0.1) is 11.3 Å². The van der Waals surface area contributed by atoms with E-state index in [2.05, 4.69) is 5.10 Å². The molecular formula is C13H14N2O3S. The Bertz CT molecular complexity index is 605. The number of hydrogen-bond acceptors (Lipinski definition) is 5. The number of aryl methyl sites for hydroxylation is 1. The second-order valence-electron chi connectivity index (χ2n) is 3.84. The van der Waals surface area contributed by atoms with Gasteiger partial charge in [0.25, 0.3) is 5.56 Å². The summed E-state index contributed by atoms with van der Waals surface area (Å²) >= 11 is 1.63. The van der Waals surface area contributed by atoms with Crippen LogP contribution in [0, 0.1) is 0 Å². The van der Waals surface area contributed by atoms with Crippen LogP contribution in [0.4, 0.5) is 0 Å². The Morgan fingerprint density at radius 3 is 2.95 bits per heavy atom. The van der Waals surface area contributed by atoms with E-state index in [4.69, 9.17) is 4.74 Å². The summed E-state index contributed by atoms with van der Waals surface area (Å²) in [6.45, 7) is 2.53. The molecule has 0 spiro atoms. The summed E-state index contributed by atoms with van der Waals surface area (Å²) in [5.41, 5.74) is -0.0646. The second-order valence-corrected chi connectivity index (χ2v) is 4.87. The Kier molecular flexibility index (Phi) is 4.46. The minimum absolute atomic E-state index is 0.160. The lowest BCUT2D eigenvalue weighted by atomic mass is 10.3. The van der Waals surface area contributed by atoms with Gasteiger partial charge in [0.2, 0.25) is 0 Å². The molecule has 0 aliphatic heterocycles. The van der Waals surface area contributed by atoms with Gasteiger partial charge in [-0.2, -0.15) is 5.10 Å². The second kappa shape index (κ2) is 6.29. The molecule has 2 heterocycles. The Morgan fingerprint density at radius 1 is 1.42 bits per heavy atom. The number of hydrogen-bond donors (Lipinski definition) is 0. The SMILES string of the molecule is CCn1nc(C(=O)OCCc2cccs2)ccc1=O. The van der Waals surface area contributed by atoms with E-state index < -0.39 is 5.97 Å². The third kappa shape index (κ3) is 3.51. The van der Waals surface area contributed by atoms with E-state index in [-0.39, 0.29) is 11.3 Å². The van der Waals surface area contributed by atoms with Crippen LogP contribution in [-0.4, -0.2) is 22.4 Å². The molecule has 0 fully saturated rings. The summed E-state index contributed by atoms with van der Waals surface area (Å²) in [4.78, 5) is 24.3. The molecule has 100 valence electrons. The van der Waals surface area contributed by atoms with Crippen LogP contribution in [0.25, 0.3) is 0 Å². The molecular weight excluding hydrogens is 264 g/mol. The number of aromatic nitrogens is 2. The number of carbonyl (C=O) groups excluding carboxylic acids is 1. The van der Waals surface area contributed by atoms with Crippen LogP contribution in [0.2, 0.25) is 0 Å². The summed E-state index contributed by atoms with van der Waals surface area (Å²) < 4.78 is 6.36. The number of esters is 1. The first kappa shape index (κ1) is 13.5. The van der Waals surface area contributed by atoms with Gasteiger partial charge in [0.1, 0.15) is 0 Å². The highest BCUT2D eigenvalue weighted by Crippen LogP contribution is 2.09. The van der Waals surface area contributed by atoms with Crippen molar-refractivity contribution in [2.75, 3.05) is 6.61 Å². The fraction of sp³-hybridized carbons (Fsp3) is 0.308. The van der Waals surface area contributed by atoms with Gasteiger partial charge in [-0.25, -0.2) is 9.48 Å². The van der Waals surface area contributed by atoms with Gasteiger partial charge in [-0.3, -0.25) is 4.79 Å². The molecule has 2 rings (SSSR count). The molecule has 0 aliphatic rings. The van der Waals surface area contributed by atoms with Crippen LogP contribution in [0.3, 0.4) is 0 Å². The number of carbonyl (C=O) groups is 1. The van der Waals surface area contributed by atoms with Gasteiger partial charge < -0.3 is 4.74 Å². The Balaban J connectivity index is 1.94. The largest absolute Gasteiger partial charge is 0.461 e. The average molecular weight is 278 g/mol. The van der Waals surface area contributed by atoms with Gasteiger partial charge >= 0.3 is 5.97 Å². The molecule has 0 amide bonds. The molecule has 0 bridgehead atoms. The van der Waals surface area contributed by atoms with Gasteiger partial charge in [0.15, 0.2) is 5.69 Å². The lowest BCUT2D eigenvalue weighted by molar-refractivity contribution is 0.0500. The summed E-state index contributed by atoms with van der Waals surface area (Å²) in [6.07, 6.45) is 0.691. The van der Waals surface area contributed by atoms with E-state index in [1.54, 1.807) is 18.3 Å². The van der Waals surface area contributed by atoms with Gasteiger partial charge in [0, 0.05) is 23.9 Å². The summed E-state index contributed by atoms with van der Waals surface area (Å²) in [6, 6.07) is 6.67. The minimum Gasteiger partial charge on any atom is -0.461 e. The topological polar surface area (TPSA) is 61.2 Å². The third-order valence-electron chi connectivity index (χ3n) is 2.54. The fourth-order valence-corrected chi connectivity index (χ4v) is 2.25. The fourth-order valence-electron chi connectivity index (χ4n) is 1.56. The number of nitrogens with zero attached hydrogens (tertiary/aromatic N) is 2. The summed E-state index contributed by atoms with van der Waals surface area (Å²) in [5.74, 6) is -0.501. The number of ether oxygens (including phenoxy) is 1. The lowest BCUT2D eigenvalue weighted by Crippen LogP contribution is -2.24. The first-order valence-electron chi connectivity index (χ1n) is 5.98. The molecule has 0 N–H and O–H groups in total. The van der Waals surface area contributed by atoms with Crippen molar-refractivity contribution in [3.8, 4) is 0 Å². The van der Waals surface area contributed by atoms with Crippen molar-refractivity contribution in [3.63, 3.8) is 0 Å². The first-order valence-corrected chi connectivity index (χ1v) is 6.86. The van der Waals surface area contributed by atoms with Crippen molar-refractivity contribution < 1.29 is 9.53 Å². The normalized spacial score (nSPS) is 10.4. The molecule has 6 heteroatoms. The first-order chi connectivity index (χ1) is 9.20. The van der Waals surface area contributed by atoms with E-state index in [0.717, 1.165) is 0 Å². The van der Waals surface area contributed by atoms with Crippen molar-refractivity contribution in [2.45, 2.75) is 19.9 Å². The highest BCUT2D eigenvalue weighted by atomic mass is 32.1. The standard InChI is InChI=1S/C13H14N2O3S/c1-2-15-12(16)6-5-11(14-15)13(17)18-8-7-10-4-3-9-19-10/h3-6,9H,2,7-8H2,1H3. The maximum Gasteiger partial charge on any atom is 0.358 e. The van der Waals surface area contributed by atoms with E-state index in [1.807, 2.05) is 17.5 Å². The van der Waals surface area contributed by atoms with Crippen molar-refractivity contribution in [1.29, 1.82) is 0 Å². The zero-order valence-corrected chi connectivity index (χ0v) is 11.4. The number of thiophene rings is 1. The van der Waals surface area contributed by atoms with Gasteiger partial charge in [-0.1, -0.05) is 6.07 Å². The Labute approximate surface area is 114 Å². The van der Waals surface area contributed by atoms with Crippen molar-refractivity contribution >= 4 is 17.3 Å². The summed E-state index contributed by atoms with van der Waals surface area (Å²) in [7, 11) is 0. The predicted octanol–water partition coefficient (Wildman–Crippen LogP) is 1.72. The van der Waals surface area contributed by atoms with Crippen molar-refractivity contribution in [2.24, 2.45) is 0 Å². The lowest BCUT2D eigenvalue weighted by Gasteiger charge is -2.05. The molecule has 0 aromatic carbocycles. The molecule has 0 atom stereocenters. The summed E-state index contributed by atoms with van der Waals surface area (Å²) in [5, 5.41) is 5.92. The molecule has 19 heavy (non-hydrogen) atoms. The number of rotatable bonds is 5. The van der Waals surface area contributed by atoms with Crippen LogP contribution < -0.4 is 5.56 Å². The van der Waals surface area contributed by atoms with Gasteiger partial charge in [-0.05, 0) is 24.4 Å². The van der Waals surface area contributed by atoms with Crippen LogP contribution >= 0.6 is 11.3 Å².